The van der Waals surface area contributed by atoms with Crippen molar-refractivity contribution in [1.82, 2.24) is 4.90 Å². The number of aliphatic hydroxyl groups is 1. The van der Waals surface area contributed by atoms with Gasteiger partial charge in [0, 0.05) is 45.0 Å². The van der Waals surface area contributed by atoms with Gasteiger partial charge in [0.15, 0.2) is 0 Å². The lowest BCUT2D eigenvalue weighted by atomic mass is 9.87. The van der Waals surface area contributed by atoms with E-state index in [0.717, 1.165) is 56.2 Å². The van der Waals surface area contributed by atoms with Crippen molar-refractivity contribution < 1.29 is 14.2 Å². The van der Waals surface area contributed by atoms with Crippen LogP contribution in [-0.4, -0.2) is 62.0 Å². The van der Waals surface area contributed by atoms with E-state index in [1.807, 2.05) is 12.1 Å². The maximum absolute atomic E-state index is 13.0. The SMILES string of the molecule is O[C@H](COCC[C@H]1C[C@H]2CC[C@H]1C2)CN1CCN(c2ccc(F)cc2)CC1. The number of halogens is 1. The van der Waals surface area contributed by atoms with Crippen LogP contribution in [0.3, 0.4) is 0 Å². The molecular formula is C22H33FN2O2. The molecule has 3 aliphatic rings. The lowest BCUT2D eigenvalue weighted by Gasteiger charge is -2.36. The van der Waals surface area contributed by atoms with Gasteiger partial charge in [0.05, 0.1) is 12.7 Å². The van der Waals surface area contributed by atoms with Crippen LogP contribution in [0.25, 0.3) is 0 Å². The molecule has 3 fully saturated rings. The number of β-amino-alcohol motifs (C(OH)–C–C–N with tert-alkyl or cyclic N) is 1. The maximum Gasteiger partial charge on any atom is 0.123 e. The van der Waals surface area contributed by atoms with Crippen molar-refractivity contribution >= 4 is 5.69 Å². The summed E-state index contributed by atoms with van der Waals surface area (Å²) in [5.41, 5.74) is 1.07. The van der Waals surface area contributed by atoms with Crippen LogP contribution in [0.15, 0.2) is 24.3 Å². The highest BCUT2D eigenvalue weighted by atomic mass is 19.1. The van der Waals surface area contributed by atoms with Crippen molar-refractivity contribution in [3.63, 3.8) is 0 Å². The van der Waals surface area contributed by atoms with Crippen LogP contribution in [0.5, 0.6) is 0 Å². The van der Waals surface area contributed by atoms with Crippen LogP contribution in [0.1, 0.15) is 32.1 Å². The van der Waals surface area contributed by atoms with Crippen LogP contribution in [0.2, 0.25) is 0 Å². The maximum atomic E-state index is 13.0. The number of aliphatic hydroxyl groups excluding tert-OH is 1. The van der Waals surface area contributed by atoms with Crippen molar-refractivity contribution in [1.29, 1.82) is 0 Å². The van der Waals surface area contributed by atoms with Gasteiger partial charge in [-0.1, -0.05) is 6.42 Å². The Morgan fingerprint density at radius 2 is 1.85 bits per heavy atom. The molecule has 1 heterocycles. The Balaban J connectivity index is 1.09. The minimum absolute atomic E-state index is 0.194. The van der Waals surface area contributed by atoms with Gasteiger partial charge in [-0.25, -0.2) is 4.39 Å². The second-order valence-corrected chi connectivity index (χ2v) is 8.72. The summed E-state index contributed by atoms with van der Waals surface area (Å²) in [4.78, 5) is 4.57. The molecule has 1 aromatic carbocycles. The van der Waals surface area contributed by atoms with E-state index in [1.54, 1.807) is 0 Å². The average molecular weight is 377 g/mol. The van der Waals surface area contributed by atoms with E-state index in [-0.39, 0.29) is 5.82 Å². The number of hydrogen-bond acceptors (Lipinski definition) is 4. The van der Waals surface area contributed by atoms with E-state index >= 15 is 0 Å². The third kappa shape index (κ3) is 5.01. The van der Waals surface area contributed by atoms with Gasteiger partial charge in [0.25, 0.3) is 0 Å². The molecule has 2 bridgehead atoms. The summed E-state index contributed by atoms with van der Waals surface area (Å²) in [6, 6.07) is 6.70. The highest BCUT2D eigenvalue weighted by molar-refractivity contribution is 5.46. The third-order valence-electron chi connectivity index (χ3n) is 6.86. The van der Waals surface area contributed by atoms with Gasteiger partial charge in [0.1, 0.15) is 5.82 Å². The van der Waals surface area contributed by atoms with E-state index in [4.69, 9.17) is 4.74 Å². The Morgan fingerprint density at radius 1 is 1.07 bits per heavy atom. The molecule has 2 aliphatic carbocycles. The first kappa shape index (κ1) is 19.2. The van der Waals surface area contributed by atoms with Crippen LogP contribution in [0, 0.1) is 23.6 Å². The molecule has 0 unspecified atom stereocenters. The number of benzene rings is 1. The molecule has 4 atom stereocenters. The summed E-state index contributed by atoms with van der Waals surface area (Å²) in [6.07, 6.45) is 6.51. The molecule has 5 heteroatoms. The second-order valence-electron chi connectivity index (χ2n) is 8.72. The van der Waals surface area contributed by atoms with Crippen molar-refractivity contribution in [2.45, 2.75) is 38.2 Å². The summed E-state index contributed by atoms with van der Waals surface area (Å²) < 4.78 is 18.8. The fraction of sp³-hybridized carbons (Fsp3) is 0.727. The zero-order valence-electron chi connectivity index (χ0n) is 16.2. The summed E-state index contributed by atoms with van der Waals surface area (Å²) >= 11 is 0. The first-order valence-electron chi connectivity index (χ1n) is 10.7. The predicted molar refractivity (Wildman–Crippen MR) is 105 cm³/mol. The highest BCUT2D eigenvalue weighted by Gasteiger charge is 2.38. The number of hydrogen-bond donors (Lipinski definition) is 1. The molecule has 1 aromatic rings. The fourth-order valence-corrected chi connectivity index (χ4v) is 5.38. The van der Waals surface area contributed by atoms with Gasteiger partial charge >= 0.3 is 0 Å². The first-order chi connectivity index (χ1) is 13.2. The second kappa shape index (κ2) is 8.89. The molecule has 4 rings (SSSR count). The monoisotopic (exact) mass is 376 g/mol. The van der Waals surface area contributed by atoms with Gasteiger partial charge < -0.3 is 14.7 Å². The van der Waals surface area contributed by atoms with Crippen molar-refractivity contribution in [2.75, 3.05) is 50.8 Å². The molecule has 1 aliphatic heterocycles. The van der Waals surface area contributed by atoms with Crippen molar-refractivity contribution in [3.8, 4) is 0 Å². The normalized spacial score (nSPS) is 29.4. The molecule has 150 valence electrons. The van der Waals surface area contributed by atoms with Crippen molar-refractivity contribution in [2.24, 2.45) is 17.8 Å². The topological polar surface area (TPSA) is 35.9 Å². The van der Waals surface area contributed by atoms with Crippen LogP contribution >= 0.6 is 0 Å². The molecule has 27 heavy (non-hydrogen) atoms. The number of ether oxygens (including phenoxy) is 1. The summed E-state index contributed by atoms with van der Waals surface area (Å²) in [5.74, 6) is 2.64. The highest BCUT2D eigenvalue weighted by Crippen LogP contribution is 2.49. The molecule has 2 saturated carbocycles. The molecule has 4 nitrogen and oxygen atoms in total. The first-order valence-corrected chi connectivity index (χ1v) is 10.7. The van der Waals surface area contributed by atoms with Crippen molar-refractivity contribution in [3.05, 3.63) is 30.1 Å². The molecular weight excluding hydrogens is 343 g/mol. The third-order valence-corrected chi connectivity index (χ3v) is 6.86. The largest absolute Gasteiger partial charge is 0.389 e. The van der Waals surface area contributed by atoms with Crippen LogP contribution in [-0.2, 0) is 4.74 Å². The molecule has 0 spiro atoms. The molecule has 0 radical (unpaired) electrons. The smallest absolute Gasteiger partial charge is 0.123 e. The predicted octanol–water partition coefficient (Wildman–Crippen LogP) is 3.15. The average Bonchev–Trinajstić information content (AvgIpc) is 3.30. The number of anilines is 1. The minimum Gasteiger partial charge on any atom is -0.389 e. The minimum atomic E-state index is -0.414. The van der Waals surface area contributed by atoms with E-state index < -0.39 is 6.10 Å². The van der Waals surface area contributed by atoms with E-state index in [9.17, 15) is 9.50 Å². The fourth-order valence-electron chi connectivity index (χ4n) is 5.38. The lowest BCUT2D eigenvalue weighted by Crippen LogP contribution is -2.49. The van der Waals surface area contributed by atoms with E-state index in [1.165, 1.54) is 44.2 Å². The molecule has 0 amide bonds. The Hall–Kier alpha value is -1.17. The summed E-state index contributed by atoms with van der Waals surface area (Å²) in [6.45, 7) is 5.56. The molecule has 1 N–H and O–H groups in total. The standard InChI is InChI=1S/C22H33FN2O2/c23-20-3-5-21(6-4-20)25-10-8-24(9-11-25)15-22(26)16-27-12-7-19-14-17-1-2-18(19)13-17/h3-6,17-19,22,26H,1-2,7-16H2/t17-,18-,19-,22-/m0/s1. The Morgan fingerprint density at radius 3 is 2.52 bits per heavy atom. The summed E-state index contributed by atoms with van der Waals surface area (Å²) in [7, 11) is 0. The van der Waals surface area contributed by atoms with Gasteiger partial charge in [-0.15, -0.1) is 0 Å². The molecule has 1 saturated heterocycles. The Labute approximate surface area is 162 Å². The van der Waals surface area contributed by atoms with Gasteiger partial charge in [0.2, 0.25) is 0 Å². The number of nitrogens with zero attached hydrogens (tertiary/aromatic N) is 2. The molecule has 0 aromatic heterocycles. The Bertz CT molecular complexity index is 588. The lowest BCUT2D eigenvalue weighted by molar-refractivity contribution is 0.0100. The quantitative estimate of drug-likeness (QED) is 0.707. The number of fused-ring (bicyclic) bond motifs is 2. The van der Waals surface area contributed by atoms with E-state index in [0.29, 0.717) is 13.2 Å². The number of rotatable bonds is 8. The number of piperazine rings is 1. The summed E-state index contributed by atoms with van der Waals surface area (Å²) in [5, 5.41) is 10.3. The van der Waals surface area contributed by atoms with Gasteiger partial charge in [-0.05, 0) is 67.7 Å². The van der Waals surface area contributed by atoms with Gasteiger partial charge in [-0.2, -0.15) is 0 Å². The Kier molecular flexibility index (Phi) is 6.31. The zero-order valence-corrected chi connectivity index (χ0v) is 16.2. The van der Waals surface area contributed by atoms with Crippen LogP contribution in [0.4, 0.5) is 10.1 Å². The van der Waals surface area contributed by atoms with Gasteiger partial charge in [-0.3, -0.25) is 4.90 Å². The van der Waals surface area contributed by atoms with Crippen LogP contribution < -0.4 is 4.90 Å². The van der Waals surface area contributed by atoms with E-state index in [2.05, 4.69) is 9.80 Å². The zero-order chi connectivity index (χ0) is 18.6.